The van der Waals surface area contributed by atoms with Gasteiger partial charge in [-0.2, -0.15) is 4.98 Å². The quantitative estimate of drug-likeness (QED) is 0.344. The molecule has 5 rings (SSSR count). The molecule has 0 amide bonds. The van der Waals surface area contributed by atoms with Gasteiger partial charge in [0.15, 0.2) is 11.9 Å². The molecule has 1 aliphatic carbocycles. The molecule has 178 valence electrons. The standard InChI is InChI=1S/C29H28N2O4/c32-29(33)25(34-24-17-9-15-20-10-7-8-16-23(20)24)18-19-26-30-28(31-35-26)27(21-11-3-1-4-12-21)22-13-5-2-6-14-22/h1-6,9,11-15,17,25,27H,7-8,10,16,18-19H2,(H,32,33). The molecule has 6 heteroatoms. The highest BCUT2D eigenvalue weighted by Crippen LogP contribution is 2.32. The molecule has 0 fully saturated rings. The first kappa shape index (κ1) is 22.8. The molecule has 1 aromatic heterocycles. The van der Waals surface area contributed by atoms with Crippen molar-refractivity contribution < 1.29 is 19.2 Å². The number of carboxylic acid groups (broad SMARTS) is 1. The fourth-order valence-electron chi connectivity index (χ4n) is 4.77. The summed E-state index contributed by atoms with van der Waals surface area (Å²) in [4.78, 5) is 16.6. The van der Waals surface area contributed by atoms with Crippen molar-refractivity contribution in [1.29, 1.82) is 0 Å². The van der Waals surface area contributed by atoms with Crippen molar-refractivity contribution in [2.45, 2.75) is 50.5 Å². The number of hydrogen-bond donors (Lipinski definition) is 1. The summed E-state index contributed by atoms with van der Waals surface area (Å²) in [6.45, 7) is 0. The lowest BCUT2D eigenvalue weighted by atomic mass is 9.91. The average Bonchev–Trinajstić information content (AvgIpc) is 3.36. The maximum Gasteiger partial charge on any atom is 0.344 e. The number of ether oxygens (including phenoxy) is 1. The second-order valence-corrected chi connectivity index (χ2v) is 8.89. The van der Waals surface area contributed by atoms with Gasteiger partial charge in [-0.15, -0.1) is 0 Å². The van der Waals surface area contributed by atoms with E-state index in [1.807, 2.05) is 72.8 Å². The molecular weight excluding hydrogens is 440 g/mol. The van der Waals surface area contributed by atoms with Gasteiger partial charge >= 0.3 is 5.97 Å². The SMILES string of the molecule is O=C(O)C(CCc1nc(C(c2ccccc2)c2ccccc2)no1)Oc1cccc2c1CCCC2. The Hall–Kier alpha value is -3.93. The average molecular weight is 469 g/mol. The summed E-state index contributed by atoms with van der Waals surface area (Å²) in [6.07, 6.45) is 3.75. The van der Waals surface area contributed by atoms with Crippen LogP contribution in [0.3, 0.4) is 0 Å². The molecule has 1 heterocycles. The number of benzene rings is 3. The van der Waals surface area contributed by atoms with Crippen LogP contribution in [-0.2, 0) is 24.1 Å². The van der Waals surface area contributed by atoms with E-state index in [2.05, 4.69) is 16.2 Å². The maximum absolute atomic E-state index is 12.0. The largest absolute Gasteiger partial charge is 0.479 e. The Morgan fingerprint density at radius 2 is 1.60 bits per heavy atom. The summed E-state index contributed by atoms with van der Waals surface area (Å²) in [5.41, 5.74) is 4.52. The Bertz CT molecular complexity index is 1230. The number of carbonyl (C=O) groups is 1. The van der Waals surface area contributed by atoms with E-state index in [0.29, 0.717) is 23.9 Å². The van der Waals surface area contributed by atoms with Crippen LogP contribution in [0, 0.1) is 0 Å². The monoisotopic (exact) mass is 468 g/mol. The predicted molar refractivity (Wildman–Crippen MR) is 132 cm³/mol. The zero-order valence-electron chi connectivity index (χ0n) is 19.5. The molecule has 1 unspecified atom stereocenters. The van der Waals surface area contributed by atoms with E-state index in [1.54, 1.807) is 0 Å². The number of aryl methyl sites for hydroxylation is 2. The summed E-state index contributed by atoms with van der Waals surface area (Å²) in [6, 6.07) is 26.0. The Morgan fingerprint density at radius 3 is 2.29 bits per heavy atom. The van der Waals surface area contributed by atoms with Crippen molar-refractivity contribution in [3.8, 4) is 5.75 Å². The molecule has 1 atom stereocenters. The van der Waals surface area contributed by atoms with Crippen molar-refractivity contribution in [1.82, 2.24) is 10.1 Å². The van der Waals surface area contributed by atoms with Gasteiger partial charge in [0, 0.05) is 12.8 Å². The van der Waals surface area contributed by atoms with Gasteiger partial charge in [-0.1, -0.05) is 78.0 Å². The van der Waals surface area contributed by atoms with Crippen molar-refractivity contribution in [3.63, 3.8) is 0 Å². The lowest BCUT2D eigenvalue weighted by molar-refractivity contribution is -0.145. The first-order valence-electron chi connectivity index (χ1n) is 12.1. The highest BCUT2D eigenvalue weighted by atomic mass is 16.5. The maximum atomic E-state index is 12.0. The van der Waals surface area contributed by atoms with E-state index in [-0.39, 0.29) is 12.3 Å². The van der Waals surface area contributed by atoms with Crippen molar-refractivity contribution in [2.75, 3.05) is 0 Å². The van der Waals surface area contributed by atoms with Crippen LogP contribution < -0.4 is 4.74 Å². The fraction of sp³-hybridized carbons (Fsp3) is 0.276. The van der Waals surface area contributed by atoms with E-state index < -0.39 is 12.1 Å². The lowest BCUT2D eigenvalue weighted by Gasteiger charge is -2.22. The molecule has 3 aromatic carbocycles. The smallest absolute Gasteiger partial charge is 0.344 e. The molecule has 0 bridgehead atoms. The van der Waals surface area contributed by atoms with Crippen molar-refractivity contribution in [3.05, 3.63) is 113 Å². The number of hydrogen-bond acceptors (Lipinski definition) is 5. The van der Waals surface area contributed by atoms with E-state index >= 15 is 0 Å². The van der Waals surface area contributed by atoms with Crippen LogP contribution in [0.4, 0.5) is 0 Å². The minimum absolute atomic E-state index is 0.169. The van der Waals surface area contributed by atoms with Crippen LogP contribution in [0.2, 0.25) is 0 Å². The molecule has 0 aliphatic heterocycles. The summed E-state index contributed by atoms with van der Waals surface area (Å²) in [5, 5.41) is 14.1. The summed E-state index contributed by atoms with van der Waals surface area (Å²) in [7, 11) is 0. The second kappa shape index (κ2) is 10.6. The van der Waals surface area contributed by atoms with Gasteiger partial charge in [0.1, 0.15) is 5.75 Å². The second-order valence-electron chi connectivity index (χ2n) is 8.89. The molecule has 35 heavy (non-hydrogen) atoms. The van der Waals surface area contributed by atoms with Crippen LogP contribution in [-0.4, -0.2) is 27.3 Å². The zero-order valence-corrected chi connectivity index (χ0v) is 19.5. The third-order valence-corrected chi connectivity index (χ3v) is 6.53. The topological polar surface area (TPSA) is 85.5 Å². The molecule has 0 saturated heterocycles. The van der Waals surface area contributed by atoms with Gasteiger partial charge in [-0.25, -0.2) is 4.79 Å². The van der Waals surface area contributed by atoms with Crippen LogP contribution in [0.1, 0.15) is 59.1 Å². The van der Waals surface area contributed by atoms with Crippen LogP contribution in [0.5, 0.6) is 5.75 Å². The van der Waals surface area contributed by atoms with Gasteiger partial charge in [0.05, 0.1) is 5.92 Å². The predicted octanol–water partition coefficient (Wildman–Crippen LogP) is 5.59. The third-order valence-electron chi connectivity index (χ3n) is 6.53. The van der Waals surface area contributed by atoms with Gasteiger partial charge in [-0.3, -0.25) is 0 Å². The molecular formula is C29H28N2O4. The fourth-order valence-corrected chi connectivity index (χ4v) is 4.77. The minimum Gasteiger partial charge on any atom is -0.479 e. The Balaban J connectivity index is 1.32. The van der Waals surface area contributed by atoms with Gasteiger partial charge in [0.2, 0.25) is 5.89 Å². The van der Waals surface area contributed by atoms with Crippen molar-refractivity contribution >= 4 is 5.97 Å². The van der Waals surface area contributed by atoms with Gasteiger partial charge in [-0.05, 0) is 54.0 Å². The first-order valence-corrected chi connectivity index (χ1v) is 12.1. The number of carboxylic acids is 1. The number of rotatable bonds is 9. The normalized spacial score (nSPS) is 13.9. The van der Waals surface area contributed by atoms with Gasteiger partial charge < -0.3 is 14.4 Å². The molecule has 1 N–H and O–H groups in total. The first-order chi connectivity index (χ1) is 17.2. The molecule has 0 spiro atoms. The number of nitrogens with zero attached hydrogens (tertiary/aromatic N) is 2. The van der Waals surface area contributed by atoms with Crippen LogP contribution in [0.25, 0.3) is 0 Å². The minimum atomic E-state index is -0.996. The van der Waals surface area contributed by atoms with Crippen molar-refractivity contribution in [2.24, 2.45) is 0 Å². The highest BCUT2D eigenvalue weighted by molar-refractivity contribution is 5.72. The summed E-state index contributed by atoms with van der Waals surface area (Å²) >= 11 is 0. The molecule has 6 nitrogen and oxygen atoms in total. The van der Waals surface area contributed by atoms with E-state index in [9.17, 15) is 9.90 Å². The zero-order chi connectivity index (χ0) is 24.0. The number of fused-ring (bicyclic) bond motifs is 1. The van der Waals surface area contributed by atoms with E-state index in [4.69, 9.17) is 9.26 Å². The van der Waals surface area contributed by atoms with Gasteiger partial charge in [0.25, 0.3) is 0 Å². The van der Waals surface area contributed by atoms with E-state index in [1.165, 1.54) is 5.56 Å². The third kappa shape index (κ3) is 5.27. The van der Waals surface area contributed by atoms with Crippen LogP contribution >= 0.6 is 0 Å². The lowest BCUT2D eigenvalue weighted by Crippen LogP contribution is -2.28. The van der Waals surface area contributed by atoms with Crippen LogP contribution in [0.15, 0.2) is 83.4 Å². The Morgan fingerprint density at radius 1 is 0.914 bits per heavy atom. The molecule has 4 aromatic rings. The summed E-state index contributed by atoms with van der Waals surface area (Å²) in [5.74, 6) is 0.472. The molecule has 1 aliphatic rings. The highest BCUT2D eigenvalue weighted by Gasteiger charge is 2.26. The summed E-state index contributed by atoms with van der Waals surface area (Å²) < 4.78 is 11.5. The Labute approximate surface area is 204 Å². The molecule has 0 saturated carbocycles. The molecule has 0 radical (unpaired) electrons. The number of aromatic nitrogens is 2. The number of aliphatic carboxylic acids is 1. The Kier molecular flexibility index (Phi) is 6.89. The van der Waals surface area contributed by atoms with E-state index in [0.717, 1.165) is 42.4 Å².